The third-order valence-electron chi connectivity index (χ3n) is 4.94. The molecule has 1 fully saturated rings. The number of aromatic nitrogens is 4. The van der Waals surface area contributed by atoms with E-state index in [1.54, 1.807) is 37.8 Å². The number of halogens is 1. The molecule has 0 spiro atoms. The van der Waals surface area contributed by atoms with Crippen LogP contribution in [0.25, 0.3) is 0 Å². The molecule has 0 bridgehead atoms. The summed E-state index contributed by atoms with van der Waals surface area (Å²) in [7, 11) is -3.26. The van der Waals surface area contributed by atoms with Crippen LogP contribution in [0, 0.1) is 12.7 Å². The van der Waals surface area contributed by atoms with Gasteiger partial charge in [-0.15, -0.1) is 5.10 Å². The normalized spacial score (nSPS) is 19.6. The minimum atomic E-state index is -3.26. The van der Waals surface area contributed by atoms with E-state index < -0.39 is 20.6 Å². The maximum Gasteiger partial charge on any atom is 0.248 e. The molecule has 0 N–H and O–H groups in total. The number of carbonyl (C=O) groups is 1. The van der Waals surface area contributed by atoms with E-state index in [2.05, 4.69) is 15.5 Å². The summed E-state index contributed by atoms with van der Waals surface area (Å²) in [5, 5.41) is 11.4. The molecule has 1 aliphatic rings. The first-order valence-electron chi connectivity index (χ1n) is 8.61. The quantitative estimate of drug-likeness (QED) is 0.764. The third-order valence-corrected chi connectivity index (χ3v) is 7.47. The van der Waals surface area contributed by atoms with Crippen LogP contribution >= 0.6 is 0 Å². The average molecular weight is 395 g/mol. The molecule has 8 nitrogen and oxygen atoms in total. The molecule has 1 aliphatic heterocycles. The van der Waals surface area contributed by atoms with Gasteiger partial charge >= 0.3 is 0 Å². The van der Waals surface area contributed by atoms with Gasteiger partial charge in [-0.3, -0.25) is 4.79 Å². The van der Waals surface area contributed by atoms with E-state index in [9.17, 15) is 17.6 Å². The first-order chi connectivity index (χ1) is 12.6. The highest BCUT2D eigenvalue weighted by Crippen LogP contribution is 2.27. The number of rotatable bonds is 4. The van der Waals surface area contributed by atoms with Gasteiger partial charge in [0.25, 0.3) is 0 Å². The first-order valence-corrected chi connectivity index (χ1v) is 10.3. The molecule has 0 unspecified atom stereocenters. The van der Waals surface area contributed by atoms with Gasteiger partial charge in [0.05, 0.1) is 10.5 Å². The van der Waals surface area contributed by atoms with Crippen LogP contribution in [0.15, 0.2) is 24.3 Å². The molecular formula is C17H22FN5O3S. The number of sulfone groups is 1. The summed E-state index contributed by atoms with van der Waals surface area (Å²) in [5.41, 5.74) is 0.758. The topological polar surface area (TPSA) is 98.1 Å². The molecule has 0 saturated carbocycles. The van der Waals surface area contributed by atoms with Crippen molar-refractivity contribution in [3.8, 4) is 0 Å². The van der Waals surface area contributed by atoms with E-state index in [0.717, 1.165) is 5.56 Å². The zero-order chi connectivity index (χ0) is 19.8. The minimum Gasteiger partial charge on any atom is -0.338 e. The SMILES string of the molecule is Cc1nnnn1[C@@H](Cc1ccc(F)cc1)C(=O)N1CCS(=O)(=O)C(C)(C)C1. The number of nitrogens with zero attached hydrogens (tertiary/aromatic N) is 5. The molecule has 10 heteroatoms. The number of benzene rings is 1. The summed E-state index contributed by atoms with van der Waals surface area (Å²) in [4.78, 5) is 14.8. The van der Waals surface area contributed by atoms with Crippen molar-refractivity contribution in [3.63, 3.8) is 0 Å². The molecule has 2 aromatic rings. The van der Waals surface area contributed by atoms with Crippen molar-refractivity contribution in [1.82, 2.24) is 25.1 Å². The van der Waals surface area contributed by atoms with E-state index in [-0.39, 0.29) is 37.0 Å². The van der Waals surface area contributed by atoms with E-state index in [0.29, 0.717) is 5.82 Å². The summed E-state index contributed by atoms with van der Waals surface area (Å²) < 4.78 is 38.1. The molecule has 27 heavy (non-hydrogen) atoms. The molecule has 0 radical (unpaired) electrons. The number of tetrazole rings is 1. The molecule has 3 rings (SSSR count). The van der Waals surface area contributed by atoms with Crippen LogP contribution < -0.4 is 0 Å². The highest BCUT2D eigenvalue weighted by molar-refractivity contribution is 7.92. The van der Waals surface area contributed by atoms with Crippen molar-refractivity contribution < 1.29 is 17.6 Å². The standard InChI is InChI=1S/C17H22FN5O3S/c1-12-19-20-21-23(12)15(10-13-4-6-14(18)7-5-13)16(24)22-8-9-27(25,26)17(2,3)11-22/h4-7,15H,8-11H2,1-3H3/t15-/m0/s1. The van der Waals surface area contributed by atoms with Crippen molar-refractivity contribution in [3.05, 3.63) is 41.5 Å². The Morgan fingerprint density at radius 2 is 1.96 bits per heavy atom. The van der Waals surface area contributed by atoms with E-state index >= 15 is 0 Å². The van der Waals surface area contributed by atoms with Crippen LogP contribution in [0.5, 0.6) is 0 Å². The Morgan fingerprint density at radius 1 is 1.30 bits per heavy atom. The van der Waals surface area contributed by atoms with Gasteiger partial charge in [0, 0.05) is 19.5 Å². The lowest BCUT2D eigenvalue weighted by atomic mass is 10.0. The molecule has 1 amide bonds. The molecular weight excluding hydrogens is 373 g/mol. The minimum absolute atomic E-state index is 0.0798. The van der Waals surface area contributed by atoms with E-state index in [1.165, 1.54) is 16.8 Å². The lowest BCUT2D eigenvalue weighted by molar-refractivity contribution is -0.135. The predicted molar refractivity (Wildman–Crippen MR) is 96.1 cm³/mol. The van der Waals surface area contributed by atoms with E-state index in [4.69, 9.17) is 0 Å². The fraction of sp³-hybridized carbons (Fsp3) is 0.529. The summed E-state index contributed by atoms with van der Waals surface area (Å²) >= 11 is 0. The highest BCUT2D eigenvalue weighted by Gasteiger charge is 2.43. The maximum atomic E-state index is 13.3. The largest absolute Gasteiger partial charge is 0.338 e. The number of carbonyl (C=O) groups excluding carboxylic acids is 1. The van der Waals surface area contributed by atoms with Gasteiger partial charge < -0.3 is 4.90 Å². The van der Waals surface area contributed by atoms with Gasteiger partial charge in [-0.05, 0) is 48.9 Å². The molecule has 1 aromatic heterocycles. The molecule has 1 saturated heterocycles. The average Bonchev–Trinajstić information content (AvgIpc) is 3.02. The van der Waals surface area contributed by atoms with Crippen molar-refractivity contribution >= 4 is 15.7 Å². The lowest BCUT2D eigenvalue weighted by Crippen LogP contribution is -2.56. The molecule has 2 heterocycles. The van der Waals surface area contributed by atoms with Gasteiger partial charge in [0.2, 0.25) is 5.91 Å². The maximum absolute atomic E-state index is 13.3. The second-order valence-electron chi connectivity index (χ2n) is 7.36. The number of aryl methyl sites for hydroxylation is 1. The number of amides is 1. The van der Waals surface area contributed by atoms with Crippen LogP contribution in [0.4, 0.5) is 4.39 Å². The zero-order valence-corrected chi connectivity index (χ0v) is 16.3. The zero-order valence-electron chi connectivity index (χ0n) is 15.5. The van der Waals surface area contributed by atoms with Crippen molar-refractivity contribution in [2.24, 2.45) is 0 Å². The van der Waals surface area contributed by atoms with Crippen LogP contribution in [0.3, 0.4) is 0 Å². The predicted octanol–water partition coefficient (Wildman–Crippen LogP) is 0.940. The Kier molecular flexibility index (Phi) is 5.02. The fourth-order valence-corrected chi connectivity index (χ4v) is 4.56. The number of hydrogen-bond acceptors (Lipinski definition) is 6. The third kappa shape index (κ3) is 3.85. The Balaban J connectivity index is 1.90. The Bertz CT molecular complexity index is 940. The van der Waals surface area contributed by atoms with E-state index in [1.807, 2.05) is 0 Å². The van der Waals surface area contributed by atoms with Crippen molar-refractivity contribution in [1.29, 1.82) is 0 Å². The second kappa shape index (κ2) is 6.99. The monoisotopic (exact) mass is 395 g/mol. The van der Waals surface area contributed by atoms with Gasteiger partial charge in [-0.25, -0.2) is 17.5 Å². The lowest BCUT2D eigenvalue weighted by Gasteiger charge is -2.39. The van der Waals surface area contributed by atoms with Crippen LogP contribution in [0.1, 0.15) is 31.3 Å². The summed E-state index contributed by atoms with van der Waals surface area (Å²) in [6.07, 6.45) is 0.272. The van der Waals surface area contributed by atoms with Crippen LogP contribution in [-0.2, 0) is 21.1 Å². The van der Waals surface area contributed by atoms with Crippen LogP contribution in [0.2, 0.25) is 0 Å². The van der Waals surface area contributed by atoms with Crippen molar-refractivity contribution in [2.75, 3.05) is 18.8 Å². The second-order valence-corrected chi connectivity index (χ2v) is 10.1. The van der Waals surface area contributed by atoms with Gasteiger partial charge in [-0.2, -0.15) is 0 Å². The van der Waals surface area contributed by atoms with Gasteiger partial charge in [0.1, 0.15) is 17.7 Å². The molecule has 1 aromatic carbocycles. The summed E-state index contributed by atoms with van der Waals surface area (Å²) in [6.45, 7) is 5.18. The van der Waals surface area contributed by atoms with Gasteiger partial charge in [0.15, 0.2) is 9.84 Å². The van der Waals surface area contributed by atoms with Crippen molar-refractivity contribution in [2.45, 2.75) is 38.0 Å². The molecule has 0 aliphatic carbocycles. The molecule has 146 valence electrons. The van der Waals surface area contributed by atoms with Gasteiger partial charge in [-0.1, -0.05) is 12.1 Å². The molecule has 1 atom stereocenters. The Hall–Kier alpha value is -2.36. The smallest absolute Gasteiger partial charge is 0.248 e. The highest BCUT2D eigenvalue weighted by atomic mass is 32.2. The summed E-state index contributed by atoms with van der Waals surface area (Å²) in [6, 6.07) is 5.15. The summed E-state index contributed by atoms with van der Waals surface area (Å²) in [5.74, 6) is -0.218. The first kappa shape index (κ1) is 19.4. The Morgan fingerprint density at radius 3 is 2.52 bits per heavy atom. The number of hydrogen-bond donors (Lipinski definition) is 0. The fourth-order valence-electron chi connectivity index (χ4n) is 3.19. The van der Waals surface area contributed by atoms with Crippen LogP contribution in [-0.4, -0.2) is 63.0 Å². The Labute approximate surface area is 157 Å².